The molecule has 10 N–H and O–H groups in total. The number of likely N-dealkylation sites (N-methyl/N-ethyl adjacent to an activating group) is 1. The molecule has 4 atom stereocenters. The predicted octanol–water partition coefficient (Wildman–Crippen LogP) is 2.57. The van der Waals surface area contributed by atoms with Crippen LogP contribution in [-0.2, 0) is 40.1 Å². The Bertz CT molecular complexity index is 1590. The van der Waals surface area contributed by atoms with Crippen LogP contribution in [0.2, 0.25) is 0 Å². The molecular formula is C42H70N10O8. The van der Waals surface area contributed by atoms with Crippen LogP contribution in [0.25, 0.3) is 0 Å². The van der Waals surface area contributed by atoms with Gasteiger partial charge in [-0.25, -0.2) is 4.79 Å². The number of allylic oxidation sites excluding steroid dienone is 1. The van der Waals surface area contributed by atoms with Gasteiger partial charge in [-0.05, 0) is 88.4 Å². The van der Waals surface area contributed by atoms with E-state index in [4.69, 9.17) is 15.2 Å². The van der Waals surface area contributed by atoms with Crippen molar-refractivity contribution in [3.8, 4) is 0 Å². The number of hydrogen-bond acceptors (Lipinski definition) is 12. The largest absolute Gasteiger partial charge is 0.461 e. The lowest BCUT2D eigenvalue weighted by atomic mass is 9.99. The molecule has 0 radical (unpaired) electrons. The summed E-state index contributed by atoms with van der Waals surface area (Å²) in [6.45, 7) is 10.8. The molecule has 1 aromatic carbocycles. The molecule has 1 aromatic rings. The van der Waals surface area contributed by atoms with Gasteiger partial charge in [0, 0.05) is 25.3 Å². The van der Waals surface area contributed by atoms with Gasteiger partial charge in [0.05, 0.1) is 23.4 Å². The van der Waals surface area contributed by atoms with Gasteiger partial charge in [0.2, 0.25) is 23.6 Å². The Labute approximate surface area is 355 Å². The van der Waals surface area contributed by atoms with Gasteiger partial charge in [0.15, 0.2) is 0 Å². The number of nitrogens with one attached hydrogen (secondary N) is 8. The summed E-state index contributed by atoms with van der Waals surface area (Å²) in [6, 6.07) is 3.52. The molecule has 1 aliphatic carbocycles. The number of urea groups is 1. The standard InChI is InChI=1S/C42H70N10O8/c1-7-24-52-33-16-9-8-10-17-34(37(33)50-51-52)59-26-35(53)45-22-12-11-14-31(44-6)38(54)49-36(27(2)3)40(56)48-32(15-13-23-46-42(43)58)39(55)47-30-20-18-29(19-21-30)25-60-41(57)28(4)5/h18-21,27-28,31-32,34,36,44,50-51H,7-17,22-26H2,1-6H3,(H,45,53)(H,47,55)(H,48,56)(H,49,54)(H3,43,46,58)/t31-,32+,34?,36+/m1/s1. The Kier molecular flexibility index (Phi) is 21.7. The van der Waals surface area contributed by atoms with E-state index in [2.05, 4.69) is 54.8 Å². The third-order valence-corrected chi connectivity index (χ3v) is 10.4. The van der Waals surface area contributed by atoms with Crippen molar-refractivity contribution in [3.05, 3.63) is 41.2 Å². The molecular weight excluding hydrogens is 773 g/mol. The van der Waals surface area contributed by atoms with Crippen molar-refractivity contribution in [2.24, 2.45) is 17.6 Å². The lowest BCUT2D eigenvalue weighted by molar-refractivity contribution is -0.148. The third-order valence-electron chi connectivity index (χ3n) is 10.4. The Morgan fingerprint density at radius 1 is 0.867 bits per heavy atom. The number of ether oxygens (including phenoxy) is 2. The fourth-order valence-corrected chi connectivity index (χ4v) is 6.88. The number of benzene rings is 1. The summed E-state index contributed by atoms with van der Waals surface area (Å²) in [5.74, 6) is -2.47. The van der Waals surface area contributed by atoms with E-state index in [-0.39, 0.29) is 61.9 Å². The highest BCUT2D eigenvalue weighted by Crippen LogP contribution is 2.28. The highest BCUT2D eigenvalue weighted by atomic mass is 16.5. The number of amides is 6. The molecule has 1 aliphatic heterocycles. The molecule has 3 rings (SSSR count). The first-order valence-electron chi connectivity index (χ1n) is 21.5. The van der Waals surface area contributed by atoms with Crippen molar-refractivity contribution in [1.82, 2.24) is 42.6 Å². The van der Waals surface area contributed by atoms with Crippen LogP contribution < -0.4 is 48.6 Å². The summed E-state index contributed by atoms with van der Waals surface area (Å²) in [7, 11) is 1.67. The number of nitrogens with zero attached hydrogens (tertiary/aromatic N) is 1. The van der Waals surface area contributed by atoms with E-state index in [1.54, 1.807) is 59.0 Å². The molecule has 60 heavy (non-hydrogen) atoms. The second kappa shape index (κ2) is 26.3. The second-order valence-corrected chi connectivity index (χ2v) is 16.0. The fraction of sp³-hybridized carbons (Fsp3) is 0.667. The van der Waals surface area contributed by atoms with Gasteiger partial charge in [-0.2, -0.15) is 0 Å². The summed E-state index contributed by atoms with van der Waals surface area (Å²) in [5, 5.41) is 19.1. The molecule has 2 aliphatic rings. The van der Waals surface area contributed by atoms with Crippen molar-refractivity contribution in [1.29, 1.82) is 0 Å². The summed E-state index contributed by atoms with van der Waals surface area (Å²) in [5.41, 5.74) is 15.2. The number of hydrogen-bond donors (Lipinski definition) is 9. The Morgan fingerprint density at radius 2 is 1.58 bits per heavy atom. The van der Waals surface area contributed by atoms with E-state index >= 15 is 0 Å². The Hall–Kier alpha value is -4.94. The van der Waals surface area contributed by atoms with E-state index in [9.17, 15) is 28.8 Å². The molecule has 1 heterocycles. The number of nitrogens with two attached hydrogens (primary N) is 1. The van der Waals surface area contributed by atoms with Crippen molar-refractivity contribution >= 4 is 41.3 Å². The monoisotopic (exact) mass is 843 g/mol. The quantitative estimate of drug-likeness (QED) is 0.0510. The van der Waals surface area contributed by atoms with E-state index in [1.165, 1.54) is 5.70 Å². The lowest BCUT2D eigenvalue weighted by Gasteiger charge is -2.27. The molecule has 0 saturated heterocycles. The summed E-state index contributed by atoms with van der Waals surface area (Å²) < 4.78 is 11.4. The van der Waals surface area contributed by atoms with Gasteiger partial charge in [0.1, 0.15) is 31.4 Å². The van der Waals surface area contributed by atoms with Crippen molar-refractivity contribution < 1.29 is 38.2 Å². The number of unbranched alkanes of at least 4 members (excludes halogenated alkanes) is 1. The average Bonchev–Trinajstić information content (AvgIpc) is 3.59. The van der Waals surface area contributed by atoms with E-state index in [1.807, 2.05) is 0 Å². The van der Waals surface area contributed by atoms with Gasteiger partial charge >= 0.3 is 12.0 Å². The van der Waals surface area contributed by atoms with Crippen LogP contribution >= 0.6 is 0 Å². The van der Waals surface area contributed by atoms with Gasteiger partial charge in [-0.1, -0.05) is 59.6 Å². The molecule has 0 spiro atoms. The number of hydrazine groups is 2. The molecule has 0 fully saturated rings. The molecule has 0 aromatic heterocycles. The SMILES string of the molecule is CCCN1NNC2=C1CCCCCC2OCC(=O)NCCCC[C@@H](NC)C(=O)N[C@H](C(=O)N[C@@H](CCCNC(N)=O)C(=O)Nc1ccc(COC(=O)C(C)C)cc1)C(C)C. The van der Waals surface area contributed by atoms with Crippen molar-refractivity contribution in [2.75, 3.05) is 38.6 Å². The predicted molar refractivity (Wildman–Crippen MR) is 228 cm³/mol. The third kappa shape index (κ3) is 17.0. The summed E-state index contributed by atoms with van der Waals surface area (Å²) in [6.07, 6.45) is 8.17. The van der Waals surface area contributed by atoms with Crippen LogP contribution in [-0.4, -0.2) is 98.2 Å². The van der Waals surface area contributed by atoms with E-state index < -0.39 is 36.0 Å². The normalized spacial score (nSPS) is 16.7. The summed E-state index contributed by atoms with van der Waals surface area (Å²) >= 11 is 0. The molecule has 1 unspecified atom stereocenters. The lowest BCUT2D eigenvalue weighted by Crippen LogP contribution is -2.57. The average molecular weight is 843 g/mol. The number of esters is 1. The minimum Gasteiger partial charge on any atom is -0.461 e. The van der Waals surface area contributed by atoms with Crippen LogP contribution in [0.1, 0.15) is 111 Å². The second-order valence-electron chi connectivity index (χ2n) is 16.0. The first-order valence-corrected chi connectivity index (χ1v) is 21.5. The van der Waals surface area contributed by atoms with Gasteiger partial charge in [-0.15, -0.1) is 5.53 Å². The molecule has 0 bridgehead atoms. The smallest absolute Gasteiger partial charge is 0.312 e. The highest BCUT2D eigenvalue weighted by Gasteiger charge is 2.32. The molecule has 0 saturated carbocycles. The summed E-state index contributed by atoms with van der Waals surface area (Å²) in [4.78, 5) is 76.4. The molecule has 336 valence electrons. The number of carbonyl (C=O) groups excluding carboxylic acids is 6. The fourth-order valence-electron chi connectivity index (χ4n) is 6.88. The van der Waals surface area contributed by atoms with Gasteiger partial charge in [0.25, 0.3) is 0 Å². The first kappa shape index (κ1) is 49.4. The topological polar surface area (TPSA) is 246 Å². The zero-order chi connectivity index (χ0) is 44.0. The van der Waals surface area contributed by atoms with Crippen LogP contribution in [0.4, 0.5) is 10.5 Å². The highest BCUT2D eigenvalue weighted by molar-refractivity contribution is 5.98. The first-order chi connectivity index (χ1) is 28.7. The molecule has 6 amide bonds. The number of carbonyl (C=O) groups is 6. The molecule has 18 heteroatoms. The van der Waals surface area contributed by atoms with Crippen molar-refractivity contribution in [2.45, 2.75) is 136 Å². The van der Waals surface area contributed by atoms with E-state index in [0.717, 1.165) is 56.3 Å². The number of anilines is 1. The zero-order valence-corrected chi connectivity index (χ0v) is 36.4. The van der Waals surface area contributed by atoms with Crippen LogP contribution in [0.3, 0.4) is 0 Å². The maximum atomic E-state index is 13.7. The van der Waals surface area contributed by atoms with Crippen LogP contribution in [0.15, 0.2) is 35.7 Å². The maximum absolute atomic E-state index is 13.7. The Morgan fingerprint density at radius 3 is 2.25 bits per heavy atom. The van der Waals surface area contributed by atoms with Crippen molar-refractivity contribution in [3.63, 3.8) is 0 Å². The maximum Gasteiger partial charge on any atom is 0.312 e. The Balaban J connectivity index is 1.49. The number of rotatable bonds is 25. The molecule has 18 nitrogen and oxygen atoms in total. The van der Waals surface area contributed by atoms with Crippen LogP contribution in [0.5, 0.6) is 0 Å². The number of primary amides is 1. The minimum absolute atomic E-state index is 0.0461. The van der Waals surface area contributed by atoms with E-state index in [0.29, 0.717) is 37.9 Å². The van der Waals surface area contributed by atoms with Gasteiger partial charge in [-0.3, -0.25) is 29.0 Å². The van der Waals surface area contributed by atoms with Crippen LogP contribution in [0, 0.1) is 11.8 Å². The van der Waals surface area contributed by atoms with Gasteiger partial charge < -0.3 is 52.5 Å². The minimum atomic E-state index is -1.00. The zero-order valence-electron chi connectivity index (χ0n) is 36.4.